The van der Waals surface area contributed by atoms with E-state index in [2.05, 4.69) is 10.3 Å². The molecule has 0 atom stereocenters. The van der Waals surface area contributed by atoms with E-state index in [4.69, 9.17) is 4.42 Å². The molecule has 3 rings (SSSR count). The van der Waals surface area contributed by atoms with Gasteiger partial charge in [-0.2, -0.15) is 0 Å². The van der Waals surface area contributed by atoms with Crippen LogP contribution in [0.25, 0.3) is 0 Å². The Morgan fingerprint density at radius 2 is 2.05 bits per heavy atom. The van der Waals surface area contributed by atoms with Crippen molar-refractivity contribution in [1.82, 2.24) is 14.9 Å². The van der Waals surface area contributed by atoms with Crippen molar-refractivity contribution in [2.75, 3.05) is 0 Å². The number of nitrogens with zero attached hydrogens (tertiary/aromatic N) is 2. The standard InChI is InChI=1S/C16H15F2N3O/c17-14-4-3-12(8-15(14)18)11-21-6-5-20-16(21)10-19-9-13-2-1-7-22-13/h1-8,19H,9-11H2. The number of imidazole rings is 1. The van der Waals surface area contributed by atoms with E-state index in [9.17, 15) is 8.78 Å². The molecule has 2 aromatic heterocycles. The van der Waals surface area contributed by atoms with Crippen molar-refractivity contribution in [3.8, 4) is 0 Å². The fraction of sp³-hybridized carbons (Fsp3) is 0.188. The number of aromatic nitrogens is 2. The van der Waals surface area contributed by atoms with Crippen LogP contribution in [0, 0.1) is 11.6 Å². The van der Waals surface area contributed by atoms with Crippen molar-refractivity contribution in [3.63, 3.8) is 0 Å². The Hall–Kier alpha value is -2.47. The van der Waals surface area contributed by atoms with Crippen LogP contribution in [0.2, 0.25) is 0 Å². The summed E-state index contributed by atoms with van der Waals surface area (Å²) in [5, 5.41) is 3.23. The molecule has 1 N–H and O–H groups in total. The minimum atomic E-state index is -0.838. The lowest BCUT2D eigenvalue weighted by Gasteiger charge is -2.09. The molecule has 4 nitrogen and oxygen atoms in total. The molecular formula is C16H15F2N3O. The average Bonchev–Trinajstić information content (AvgIpc) is 3.16. The first-order valence-electron chi connectivity index (χ1n) is 6.89. The number of nitrogens with one attached hydrogen (secondary N) is 1. The van der Waals surface area contributed by atoms with Crippen LogP contribution in [0.5, 0.6) is 0 Å². The Kier molecular flexibility index (Phi) is 4.29. The van der Waals surface area contributed by atoms with E-state index < -0.39 is 11.6 Å². The Bertz CT molecular complexity index is 738. The molecule has 3 aromatic rings. The van der Waals surface area contributed by atoms with Crippen LogP contribution < -0.4 is 5.32 Å². The first-order chi connectivity index (χ1) is 10.7. The Labute approximate surface area is 126 Å². The van der Waals surface area contributed by atoms with Crippen molar-refractivity contribution in [1.29, 1.82) is 0 Å². The minimum absolute atomic E-state index is 0.439. The fourth-order valence-corrected chi connectivity index (χ4v) is 2.20. The van der Waals surface area contributed by atoms with Gasteiger partial charge in [0.05, 0.1) is 19.4 Å². The third kappa shape index (κ3) is 3.40. The SMILES string of the molecule is Fc1ccc(Cn2ccnc2CNCc2ccco2)cc1F. The molecule has 0 amide bonds. The van der Waals surface area contributed by atoms with Crippen LogP contribution in [-0.2, 0) is 19.6 Å². The van der Waals surface area contributed by atoms with Crippen LogP contribution in [0.15, 0.2) is 53.4 Å². The monoisotopic (exact) mass is 303 g/mol. The highest BCUT2D eigenvalue weighted by Crippen LogP contribution is 2.11. The van der Waals surface area contributed by atoms with Gasteiger partial charge >= 0.3 is 0 Å². The molecule has 2 heterocycles. The molecular weight excluding hydrogens is 288 g/mol. The quantitative estimate of drug-likeness (QED) is 0.761. The minimum Gasteiger partial charge on any atom is -0.468 e. The molecule has 6 heteroatoms. The van der Waals surface area contributed by atoms with Crippen molar-refractivity contribution in [2.24, 2.45) is 0 Å². The summed E-state index contributed by atoms with van der Waals surface area (Å²) in [5.41, 5.74) is 0.684. The smallest absolute Gasteiger partial charge is 0.159 e. The Morgan fingerprint density at radius 3 is 2.82 bits per heavy atom. The molecule has 22 heavy (non-hydrogen) atoms. The van der Waals surface area contributed by atoms with Gasteiger partial charge in [-0.05, 0) is 29.8 Å². The Morgan fingerprint density at radius 1 is 1.14 bits per heavy atom. The van der Waals surface area contributed by atoms with Crippen LogP contribution in [0.4, 0.5) is 8.78 Å². The summed E-state index contributed by atoms with van der Waals surface area (Å²) >= 11 is 0. The van der Waals surface area contributed by atoms with Crippen LogP contribution in [-0.4, -0.2) is 9.55 Å². The van der Waals surface area contributed by atoms with E-state index in [1.165, 1.54) is 6.07 Å². The lowest BCUT2D eigenvalue weighted by molar-refractivity contribution is 0.477. The van der Waals surface area contributed by atoms with Crippen molar-refractivity contribution < 1.29 is 13.2 Å². The highest BCUT2D eigenvalue weighted by Gasteiger charge is 2.07. The molecule has 0 aliphatic rings. The second-order valence-electron chi connectivity index (χ2n) is 4.90. The predicted octanol–water partition coefficient (Wildman–Crippen LogP) is 3.09. The van der Waals surface area contributed by atoms with E-state index in [1.54, 1.807) is 18.5 Å². The Balaban J connectivity index is 1.62. The second-order valence-corrected chi connectivity index (χ2v) is 4.90. The highest BCUT2D eigenvalue weighted by molar-refractivity contribution is 5.18. The van der Waals surface area contributed by atoms with Gasteiger partial charge in [-0.3, -0.25) is 0 Å². The summed E-state index contributed by atoms with van der Waals surface area (Å²) in [6, 6.07) is 7.63. The molecule has 0 saturated heterocycles. The van der Waals surface area contributed by atoms with E-state index >= 15 is 0 Å². The molecule has 0 spiro atoms. The van der Waals surface area contributed by atoms with Crippen LogP contribution in [0.1, 0.15) is 17.1 Å². The lowest BCUT2D eigenvalue weighted by atomic mass is 10.2. The number of furan rings is 1. The van der Waals surface area contributed by atoms with E-state index in [0.29, 0.717) is 25.2 Å². The first kappa shape index (κ1) is 14.5. The number of halogens is 2. The lowest BCUT2D eigenvalue weighted by Crippen LogP contribution is -2.16. The summed E-state index contributed by atoms with van der Waals surface area (Å²) in [6.45, 7) is 1.59. The van der Waals surface area contributed by atoms with E-state index in [0.717, 1.165) is 17.7 Å². The maximum absolute atomic E-state index is 13.2. The summed E-state index contributed by atoms with van der Waals surface area (Å²) < 4.78 is 33.3. The van der Waals surface area contributed by atoms with Crippen molar-refractivity contribution >= 4 is 0 Å². The molecule has 114 valence electrons. The van der Waals surface area contributed by atoms with Crippen LogP contribution >= 0.6 is 0 Å². The average molecular weight is 303 g/mol. The largest absolute Gasteiger partial charge is 0.468 e. The normalized spacial score (nSPS) is 11.0. The van der Waals surface area contributed by atoms with Gasteiger partial charge in [0.2, 0.25) is 0 Å². The molecule has 0 aliphatic carbocycles. The molecule has 0 fully saturated rings. The zero-order valence-corrected chi connectivity index (χ0v) is 11.8. The van der Waals surface area contributed by atoms with Gasteiger partial charge < -0.3 is 14.3 Å². The fourth-order valence-electron chi connectivity index (χ4n) is 2.20. The second kappa shape index (κ2) is 6.53. The number of benzene rings is 1. The molecule has 0 saturated carbocycles. The predicted molar refractivity (Wildman–Crippen MR) is 76.9 cm³/mol. The van der Waals surface area contributed by atoms with Crippen LogP contribution in [0.3, 0.4) is 0 Å². The maximum Gasteiger partial charge on any atom is 0.159 e. The third-order valence-corrected chi connectivity index (χ3v) is 3.30. The van der Waals surface area contributed by atoms with Gasteiger partial charge in [0.1, 0.15) is 11.6 Å². The summed E-state index contributed by atoms with van der Waals surface area (Å²) in [4.78, 5) is 4.27. The summed E-state index contributed by atoms with van der Waals surface area (Å²) in [7, 11) is 0. The van der Waals surface area contributed by atoms with Crippen molar-refractivity contribution in [3.05, 3.63) is 77.8 Å². The van der Waals surface area contributed by atoms with Gasteiger partial charge in [0, 0.05) is 18.9 Å². The molecule has 0 aliphatic heterocycles. The summed E-state index contributed by atoms with van der Waals surface area (Å²) in [6.07, 6.45) is 5.12. The molecule has 0 bridgehead atoms. The zero-order chi connectivity index (χ0) is 15.4. The van der Waals surface area contributed by atoms with Crippen molar-refractivity contribution in [2.45, 2.75) is 19.6 Å². The zero-order valence-electron chi connectivity index (χ0n) is 11.8. The van der Waals surface area contributed by atoms with Gasteiger partial charge in [-0.15, -0.1) is 0 Å². The maximum atomic E-state index is 13.2. The molecule has 0 radical (unpaired) electrons. The van der Waals surface area contributed by atoms with Gasteiger partial charge in [-0.1, -0.05) is 6.07 Å². The van der Waals surface area contributed by atoms with E-state index in [-0.39, 0.29) is 0 Å². The highest BCUT2D eigenvalue weighted by atomic mass is 19.2. The first-order valence-corrected chi connectivity index (χ1v) is 6.89. The van der Waals surface area contributed by atoms with Gasteiger partial charge in [0.15, 0.2) is 11.6 Å². The summed E-state index contributed by atoms with van der Waals surface area (Å²) in [5.74, 6) is -0.0140. The third-order valence-electron chi connectivity index (χ3n) is 3.30. The van der Waals surface area contributed by atoms with E-state index in [1.807, 2.05) is 22.9 Å². The van der Waals surface area contributed by atoms with Gasteiger partial charge in [0.25, 0.3) is 0 Å². The molecule has 0 unspecified atom stereocenters. The van der Waals surface area contributed by atoms with Gasteiger partial charge in [-0.25, -0.2) is 13.8 Å². The number of rotatable bonds is 6. The topological polar surface area (TPSA) is 43.0 Å². The molecule has 1 aromatic carbocycles. The number of hydrogen-bond acceptors (Lipinski definition) is 3. The number of hydrogen-bond donors (Lipinski definition) is 1.